The third-order valence-corrected chi connectivity index (χ3v) is 7.26. The normalized spacial score (nSPS) is 14.1. The number of ether oxygens (including phenoxy) is 1. The highest BCUT2D eigenvalue weighted by atomic mass is 35.5. The number of halogens is 3. The summed E-state index contributed by atoms with van der Waals surface area (Å²) in [5.74, 6) is 1.11. The van der Waals surface area contributed by atoms with Gasteiger partial charge in [0.2, 0.25) is 0 Å². The summed E-state index contributed by atoms with van der Waals surface area (Å²) in [6.45, 7) is -0.109. The first kappa shape index (κ1) is 26.8. The predicted molar refractivity (Wildman–Crippen MR) is 147 cm³/mol. The van der Waals surface area contributed by atoms with Gasteiger partial charge in [0.15, 0.2) is 11.5 Å². The number of anilines is 2. The van der Waals surface area contributed by atoms with Crippen LogP contribution in [-0.2, 0) is 0 Å². The summed E-state index contributed by atoms with van der Waals surface area (Å²) in [6, 6.07) is 11.5. The van der Waals surface area contributed by atoms with E-state index < -0.39 is 6.61 Å². The van der Waals surface area contributed by atoms with Crippen molar-refractivity contribution in [3.63, 3.8) is 0 Å². The molecule has 1 amide bonds. The molecular weight excluding hydrogens is 526 g/mol. The van der Waals surface area contributed by atoms with Gasteiger partial charge in [-0.1, -0.05) is 11.6 Å². The summed E-state index contributed by atoms with van der Waals surface area (Å²) in [6.07, 6.45) is 8.35. The summed E-state index contributed by atoms with van der Waals surface area (Å²) < 4.78 is 31.2. The Morgan fingerprint density at radius 1 is 1.21 bits per heavy atom. The number of benzene rings is 2. The smallest absolute Gasteiger partial charge is 0.387 e. The second kappa shape index (κ2) is 12.0. The van der Waals surface area contributed by atoms with Gasteiger partial charge in [-0.05, 0) is 80.7 Å². The zero-order valence-corrected chi connectivity index (χ0v) is 22.2. The number of alkyl halides is 2. The van der Waals surface area contributed by atoms with Gasteiger partial charge in [-0.15, -0.1) is 0 Å². The van der Waals surface area contributed by atoms with E-state index in [2.05, 4.69) is 25.3 Å². The van der Waals surface area contributed by atoms with E-state index in [0.717, 1.165) is 43.6 Å². The van der Waals surface area contributed by atoms with Crippen LogP contribution in [0.5, 0.6) is 5.75 Å². The van der Waals surface area contributed by atoms with Gasteiger partial charge in [-0.2, -0.15) is 8.78 Å². The van der Waals surface area contributed by atoms with E-state index in [9.17, 15) is 13.6 Å². The predicted octanol–water partition coefficient (Wildman–Crippen LogP) is 5.86. The number of fused-ring (bicyclic) bond motifs is 1. The molecule has 0 saturated carbocycles. The molecule has 39 heavy (non-hydrogen) atoms. The van der Waals surface area contributed by atoms with E-state index >= 15 is 0 Å². The standard InChI is InChI=1S/C28H29ClF2N6O2/c1-36(14-10-18-8-11-32-12-9-18)27(38)22-7-4-20(16-23(22)29)35-25-26-34-17-24(37(26)15-13-33-25)19-2-5-21(6-3-19)39-28(30)31/h2-7,13,15-18,28,32H,8-12,14H2,1H3,(H,33,35). The molecule has 2 aromatic heterocycles. The van der Waals surface area contributed by atoms with E-state index in [4.69, 9.17) is 11.6 Å². The molecular formula is C28H29ClF2N6O2. The maximum Gasteiger partial charge on any atom is 0.387 e. The zero-order chi connectivity index (χ0) is 27.4. The fraction of sp³-hybridized carbons (Fsp3) is 0.321. The molecule has 0 spiro atoms. The molecule has 1 fully saturated rings. The van der Waals surface area contributed by atoms with Gasteiger partial charge in [-0.25, -0.2) is 9.97 Å². The van der Waals surface area contributed by atoms with Crippen LogP contribution < -0.4 is 15.4 Å². The van der Waals surface area contributed by atoms with Crippen molar-refractivity contribution in [3.8, 4) is 17.0 Å². The number of hydrogen-bond donors (Lipinski definition) is 2. The average Bonchev–Trinajstić information content (AvgIpc) is 3.37. The first-order valence-corrected chi connectivity index (χ1v) is 13.2. The van der Waals surface area contributed by atoms with Gasteiger partial charge in [0.25, 0.3) is 5.91 Å². The number of piperidine rings is 1. The third-order valence-electron chi connectivity index (χ3n) is 6.94. The molecule has 1 aliphatic heterocycles. The van der Waals surface area contributed by atoms with Crippen molar-refractivity contribution >= 4 is 34.7 Å². The lowest BCUT2D eigenvalue weighted by molar-refractivity contribution is -0.0498. The van der Waals surface area contributed by atoms with Gasteiger partial charge in [0.05, 0.1) is 22.5 Å². The van der Waals surface area contributed by atoms with Crippen LogP contribution in [0.1, 0.15) is 29.6 Å². The van der Waals surface area contributed by atoms with Crippen LogP contribution in [-0.4, -0.2) is 58.5 Å². The fourth-order valence-electron chi connectivity index (χ4n) is 4.78. The lowest BCUT2D eigenvalue weighted by Crippen LogP contribution is -2.32. The second-order valence-corrected chi connectivity index (χ2v) is 9.95. The number of carbonyl (C=O) groups excluding carboxylic acids is 1. The van der Waals surface area contributed by atoms with Crippen LogP contribution in [0.15, 0.2) is 61.1 Å². The third kappa shape index (κ3) is 6.29. The maximum absolute atomic E-state index is 13.0. The molecule has 11 heteroatoms. The van der Waals surface area contributed by atoms with Crippen molar-refractivity contribution in [2.24, 2.45) is 5.92 Å². The van der Waals surface area contributed by atoms with Crippen LogP contribution in [0.2, 0.25) is 5.02 Å². The summed E-state index contributed by atoms with van der Waals surface area (Å²) in [7, 11) is 1.81. The van der Waals surface area contributed by atoms with Crippen LogP contribution in [0.25, 0.3) is 16.9 Å². The highest BCUT2D eigenvalue weighted by Crippen LogP contribution is 2.29. The number of amides is 1. The Morgan fingerprint density at radius 2 is 1.97 bits per heavy atom. The zero-order valence-electron chi connectivity index (χ0n) is 21.4. The molecule has 8 nitrogen and oxygen atoms in total. The number of imidazole rings is 1. The lowest BCUT2D eigenvalue weighted by Gasteiger charge is -2.25. The number of carbonyl (C=O) groups is 1. The molecule has 0 bridgehead atoms. The van der Waals surface area contributed by atoms with E-state index in [0.29, 0.717) is 40.2 Å². The summed E-state index contributed by atoms with van der Waals surface area (Å²) >= 11 is 6.54. The Morgan fingerprint density at radius 3 is 2.69 bits per heavy atom. The molecule has 0 atom stereocenters. The van der Waals surface area contributed by atoms with Gasteiger partial charge >= 0.3 is 6.61 Å². The summed E-state index contributed by atoms with van der Waals surface area (Å²) in [5, 5.41) is 6.95. The van der Waals surface area contributed by atoms with Crippen molar-refractivity contribution in [1.29, 1.82) is 0 Å². The van der Waals surface area contributed by atoms with E-state index in [1.165, 1.54) is 12.1 Å². The minimum atomic E-state index is -2.88. The molecule has 2 N–H and O–H groups in total. The number of aromatic nitrogens is 3. The van der Waals surface area contributed by atoms with Crippen LogP contribution in [0.3, 0.4) is 0 Å². The SMILES string of the molecule is CN(CCC1CCNCC1)C(=O)c1ccc(Nc2nccn3c(-c4ccc(OC(F)F)cc4)cnc23)cc1Cl. The largest absolute Gasteiger partial charge is 0.435 e. The molecule has 3 heterocycles. The first-order valence-electron chi connectivity index (χ1n) is 12.8. The van der Waals surface area contributed by atoms with Crippen molar-refractivity contribution in [3.05, 3.63) is 71.6 Å². The first-order chi connectivity index (χ1) is 18.9. The van der Waals surface area contributed by atoms with Crippen molar-refractivity contribution in [2.75, 3.05) is 32.0 Å². The second-order valence-electron chi connectivity index (χ2n) is 9.54. The molecule has 1 saturated heterocycles. The van der Waals surface area contributed by atoms with Crippen LogP contribution >= 0.6 is 11.6 Å². The molecule has 0 radical (unpaired) electrons. The van der Waals surface area contributed by atoms with Gasteiger partial charge in [0, 0.05) is 37.2 Å². The molecule has 0 aliphatic carbocycles. The van der Waals surface area contributed by atoms with Crippen molar-refractivity contribution in [1.82, 2.24) is 24.6 Å². The number of hydrogen-bond acceptors (Lipinski definition) is 6. The summed E-state index contributed by atoms with van der Waals surface area (Å²) in [5.41, 5.74) is 3.20. The topological polar surface area (TPSA) is 83.8 Å². The Kier molecular flexibility index (Phi) is 8.23. The highest BCUT2D eigenvalue weighted by molar-refractivity contribution is 6.34. The lowest BCUT2D eigenvalue weighted by atomic mass is 9.94. The van der Waals surface area contributed by atoms with Crippen molar-refractivity contribution < 1.29 is 18.3 Å². The number of nitrogens with zero attached hydrogens (tertiary/aromatic N) is 4. The van der Waals surface area contributed by atoms with Gasteiger partial charge < -0.3 is 20.3 Å². The van der Waals surface area contributed by atoms with Crippen LogP contribution in [0.4, 0.5) is 20.3 Å². The Hall–Kier alpha value is -3.76. The summed E-state index contributed by atoms with van der Waals surface area (Å²) in [4.78, 5) is 23.7. The number of rotatable bonds is 9. The minimum absolute atomic E-state index is 0.0818. The highest BCUT2D eigenvalue weighted by Gasteiger charge is 2.19. The molecule has 0 unspecified atom stereocenters. The Bertz CT molecular complexity index is 1440. The molecule has 5 rings (SSSR count). The quantitative estimate of drug-likeness (QED) is 0.270. The van der Waals surface area contributed by atoms with Gasteiger partial charge in [-0.3, -0.25) is 9.20 Å². The van der Waals surface area contributed by atoms with E-state index in [1.54, 1.807) is 53.8 Å². The van der Waals surface area contributed by atoms with Crippen molar-refractivity contribution in [2.45, 2.75) is 25.9 Å². The molecule has 204 valence electrons. The average molecular weight is 555 g/mol. The Balaban J connectivity index is 1.29. The van der Waals surface area contributed by atoms with Crippen LogP contribution in [0, 0.1) is 5.92 Å². The Labute approximate surface area is 230 Å². The van der Waals surface area contributed by atoms with E-state index in [-0.39, 0.29) is 11.7 Å². The maximum atomic E-state index is 13.0. The minimum Gasteiger partial charge on any atom is -0.435 e. The van der Waals surface area contributed by atoms with E-state index in [1.807, 2.05) is 11.4 Å². The molecule has 2 aromatic carbocycles. The molecule has 1 aliphatic rings. The fourth-order valence-corrected chi connectivity index (χ4v) is 5.05. The molecule has 4 aromatic rings. The van der Waals surface area contributed by atoms with Gasteiger partial charge in [0.1, 0.15) is 5.75 Å². The number of nitrogens with one attached hydrogen (secondary N) is 2. The monoisotopic (exact) mass is 554 g/mol.